The van der Waals surface area contributed by atoms with E-state index in [0.717, 1.165) is 0 Å². The number of esters is 1. The fraction of sp³-hybridized carbons (Fsp3) is 0.105. The quantitative estimate of drug-likeness (QED) is 0.666. The van der Waals surface area contributed by atoms with Crippen molar-refractivity contribution in [3.8, 4) is 17.4 Å². The van der Waals surface area contributed by atoms with Crippen molar-refractivity contribution < 1.29 is 23.1 Å². The first-order valence-corrected chi connectivity index (χ1v) is 8.71. The second-order valence-electron chi connectivity index (χ2n) is 5.46. The molecule has 0 bridgehead atoms. The van der Waals surface area contributed by atoms with Gasteiger partial charge in [0.2, 0.25) is 5.76 Å². The molecule has 6 nitrogen and oxygen atoms in total. The lowest BCUT2D eigenvalue weighted by Gasteiger charge is -2.12. The van der Waals surface area contributed by atoms with Crippen molar-refractivity contribution in [2.24, 2.45) is 0 Å². The zero-order valence-electron chi connectivity index (χ0n) is 14.1. The van der Waals surface area contributed by atoms with Crippen LogP contribution in [0, 0.1) is 17.1 Å². The van der Waals surface area contributed by atoms with E-state index in [4.69, 9.17) is 14.4 Å². The fourth-order valence-corrected chi connectivity index (χ4v) is 2.97. The molecule has 0 radical (unpaired) electrons. The molecule has 3 rings (SSSR count). The van der Waals surface area contributed by atoms with Crippen molar-refractivity contribution in [1.82, 2.24) is 0 Å². The number of nitrogens with zero attached hydrogens (tertiary/aromatic N) is 1. The average Bonchev–Trinajstić information content (AvgIpc) is 3.31. The number of furan rings is 1. The Bertz CT molecular complexity index is 1030. The summed E-state index contributed by atoms with van der Waals surface area (Å²) in [6.07, 6.45) is -1.12. The number of nitrogens with one attached hydrogen (secondary N) is 1. The Hall–Kier alpha value is -3.44. The molecule has 1 N–H and O–H groups in total. The minimum atomic E-state index is -1.12. The van der Waals surface area contributed by atoms with Gasteiger partial charge >= 0.3 is 5.97 Å². The SMILES string of the molecule is C[C@H](OC(=O)c1ccc(-c2ccccc2F)o1)C(=O)Nc1sccc1C#N. The summed E-state index contributed by atoms with van der Waals surface area (Å²) in [5, 5.41) is 13.5. The molecule has 0 aliphatic carbocycles. The first kappa shape index (κ1) is 18.4. The van der Waals surface area contributed by atoms with E-state index in [2.05, 4.69) is 5.32 Å². The van der Waals surface area contributed by atoms with Crippen molar-refractivity contribution >= 4 is 28.2 Å². The Balaban J connectivity index is 1.66. The second-order valence-corrected chi connectivity index (χ2v) is 6.37. The minimum Gasteiger partial charge on any atom is -0.449 e. The summed E-state index contributed by atoms with van der Waals surface area (Å²) in [6, 6.07) is 12.3. The number of halogens is 1. The monoisotopic (exact) mass is 384 g/mol. The summed E-state index contributed by atoms with van der Waals surface area (Å²) in [6.45, 7) is 1.40. The van der Waals surface area contributed by atoms with Gasteiger partial charge in [0.1, 0.15) is 22.6 Å². The van der Waals surface area contributed by atoms with E-state index in [1.165, 1.54) is 42.5 Å². The van der Waals surface area contributed by atoms with Crippen LogP contribution in [0.1, 0.15) is 23.0 Å². The van der Waals surface area contributed by atoms with E-state index >= 15 is 0 Å². The maximum Gasteiger partial charge on any atom is 0.375 e. The number of hydrogen-bond acceptors (Lipinski definition) is 6. The van der Waals surface area contributed by atoms with Crippen LogP contribution in [0.3, 0.4) is 0 Å². The van der Waals surface area contributed by atoms with Crippen LogP contribution >= 0.6 is 11.3 Å². The smallest absolute Gasteiger partial charge is 0.375 e. The van der Waals surface area contributed by atoms with Crippen LogP contribution in [0.15, 0.2) is 52.3 Å². The first-order valence-electron chi connectivity index (χ1n) is 7.83. The average molecular weight is 384 g/mol. The van der Waals surface area contributed by atoms with Crippen LogP contribution in [0.2, 0.25) is 0 Å². The number of rotatable bonds is 5. The van der Waals surface area contributed by atoms with E-state index in [0.29, 0.717) is 10.6 Å². The van der Waals surface area contributed by atoms with Crippen LogP contribution in [-0.2, 0) is 9.53 Å². The Morgan fingerprint density at radius 3 is 2.78 bits per heavy atom. The summed E-state index contributed by atoms with van der Waals surface area (Å²) >= 11 is 1.19. The molecule has 2 aromatic heterocycles. The van der Waals surface area contributed by atoms with E-state index in [1.54, 1.807) is 23.6 Å². The number of amides is 1. The molecular formula is C19H13FN2O4S. The van der Waals surface area contributed by atoms with Gasteiger partial charge < -0.3 is 14.5 Å². The van der Waals surface area contributed by atoms with Crippen molar-refractivity contribution in [2.45, 2.75) is 13.0 Å². The zero-order chi connectivity index (χ0) is 19.4. The highest BCUT2D eigenvalue weighted by molar-refractivity contribution is 7.14. The van der Waals surface area contributed by atoms with Gasteiger partial charge in [0.25, 0.3) is 5.91 Å². The molecule has 1 aromatic carbocycles. The third kappa shape index (κ3) is 4.04. The fourth-order valence-electron chi connectivity index (χ4n) is 2.23. The zero-order valence-corrected chi connectivity index (χ0v) is 14.9. The lowest BCUT2D eigenvalue weighted by molar-refractivity contribution is -0.123. The molecule has 0 saturated heterocycles. The number of anilines is 1. The number of thiophene rings is 1. The molecule has 3 aromatic rings. The van der Waals surface area contributed by atoms with Crippen molar-refractivity contribution in [1.29, 1.82) is 5.26 Å². The maximum absolute atomic E-state index is 13.8. The second kappa shape index (κ2) is 7.85. The van der Waals surface area contributed by atoms with Crippen LogP contribution in [0.5, 0.6) is 0 Å². The number of ether oxygens (including phenoxy) is 1. The number of carbonyl (C=O) groups is 2. The summed E-state index contributed by atoms with van der Waals surface area (Å²) in [7, 11) is 0. The highest BCUT2D eigenvalue weighted by Crippen LogP contribution is 2.25. The van der Waals surface area contributed by atoms with Gasteiger partial charge in [-0.1, -0.05) is 12.1 Å². The van der Waals surface area contributed by atoms with Gasteiger partial charge in [0.15, 0.2) is 6.10 Å². The van der Waals surface area contributed by atoms with E-state index < -0.39 is 23.8 Å². The molecule has 1 amide bonds. The maximum atomic E-state index is 13.8. The molecule has 0 aliphatic heterocycles. The molecule has 0 spiro atoms. The predicted molar refractivity (Wildman–Crippen MR) is 96.6 cm³/mol. The van der Waals surface area contributed by atoms with Gasteiger partial charge in [-0.25, -0.2) is 9.18 Å². The third-order valence-corrected chi connectivity index (χ3v) is 4.45. The number of hydrogen-bond donors (Lipinski definition) is 1. The Morgan fingerprint density at radius 2 is 2.04 bits per heavy atom. The molecular weight excluding hydrogens is 371 g/mol. The normalized spacial score (nSPS) is 11.4. The summed E-state index contributed by atoms with van der Waals surface area (Å²) in [5.41, 5.74) is 0.538. The van der Waals surface area contributed by atoms with Crippen LogP contribution in [0.25, 0.3) is 11.3 Å². The van der Waals surface area contributed by atoms with E-state index in [9.17, 15) is 14.0 Å². The van der Waals surface area contributed by atoms with E-state index in [1.807, 2.05) is 6.07 Å². The van der Waals surface area contributed by atoms with Crippen LogP contribution < -0.4 is 5.32 Å². The molecule has 0 unspecified atom stereocenters. The van der Waals surface area contributed by atoms with Gasteiger partial charge in [-0.15, -0.1) is 11.3 Å². The lowest BCUT2D eigenvalue weighted by atomic mass is 10.1. The number of nitriles is 1. The Labute approximate surface area is 157 Å². The van der Waals surface area contributed by atoms with Crippen LogP contribution in [-0.4, -0.2) is 18.0 Å². The number of carbonyl (C=O) groups excluding carboxylic acids is 2. The highest BCUT2D eigenvalue weighted by atomic mass is 32.1. The van der Waals surface area contributed by atoms with Gasteiger partial charge in [0.05, 0.1) is 11.1 Å². The number of benzene rings is 1. The summed E-state index contributed by atoms with van der Waals surface area (Å²) in [4.78, 5) is 24.3. The molecule has 0 aliphatic rings. The molecule has 0 saturated carbocycles. The van der Waals surface area contributed by atoms with Crippen molar-refractivity contribution in [3.05, 3.63) is 65.0 Å². The molecule has 1 atom stereocenters. The van der Waals surface area contributed by atoms with Crippen molar-refractivity contribution in [3.63, 3.8) is 0 Å². The molecule has 27 heavy (non-hydrogen) atoms. The van der Waals surface area contributed by atoms with Crippen molar-refractivity contribution in [2.75, 3.05) is 5.32 Å². The van der Waals surface area contributed by atoms with Gasteiger partial charge in [-0.2, -0.15) is 5.26 Å². The van der Waals surface area contributed by atoms with Gasteiger partial charge in [0, 0.05) is 0 Å². The summed E-state index contributed by atoms with van der Waals surface area (Å²) in [5.74, 6) is -1.89. The molecule has 2 heterocycles. The standard InChI is InChI=1S/C19H13FN2O4S/c1-11(17(23)22-18-12(10-21)8-9-27-18)25-19(24)16-7-6-15(26-16)13-4-2-3-5-14(13)20/h2-9,11H,1H3,(H,22,23)/t11-/m0/s1. The Kier molecular flexibility index (Phi) is 5.33. The molecule has 0 fully saturated rings. The molecule has 136 valence electrons. The minimum absolute atomic E-state index is 0.151. The van der Waals surface area contributed by atoms with E-state index in [-0.39, 0.29) is 17.1 Å². The van der Waals surface area contributed by atoms with Gasteiger partial charge in [-0.3, -0.25) is 4.79 Å². The Morgan fingerprint density at radius 1 is 1.26 bits per heavy atom. The largest absolute Gasteiger partial charge is 0.449 e. The van der Waals surface area contributed by atoms with Crippen LogP contribution in [0.4, 0.5) is 9.39 Å². The third-order valence-electron chi connectivity index (χ3n) is 3.62. The lowest BCUT2D eigenvalue weighted by Crippen LogP contribution is -2.29. The predicted octanol–water partition coefficient (Wildman–Crippen LogP) is 4.20. The highest BCUT2D eigenvalue weighted by Gasteiger charge is 2.23. The summed E-state index contributed by atoms with van der Waals surface area (Å²) < 4.78 is 24.2. The topological polar surface area (TPSA) is 92.3 Å². The van der Waals surface area contributed by atoms with Gasteiger partial charge in [-0.05, 0) is 42.6 Å². The molecule has 8 heteroatoms. The first-order chi connectivity index (χ1) is 13.0.